The summed E-state index contributed by atoms with van der Waals surface area (Å²) in [6, 6.07) is 3.81. The molecule has 0 atom stereocenters. The van der Waals surface area contributed by atoms with Crippen molar-refractivity contribution in [3.05, 3.63) is 40.1 Å². The van der Waals surface area contributed by atoms with Gasteiger partial charge in [0, 0.05) is 18.7 Å². The number of hydrogen-bond donors (Lipinski definition) is 0. The van der Waals surface area contributed by atoms with Crippen LogP contribution < -0.4 is 0 Å². The Hall–Kier alpha value is -1.42. The van der Waals surface area contributed by atoms with E-state index < -0.39 is 0 Å². The van der Waals surface area contributed by atoms with Gasteiger partial charge in [0.1, 0.15) is 0 Å². The van der Waals surface area contributed by atoms with Crippen LogP contribution in [0.4, 0.5) is 0 Å². The molecule has 2 aromatic rings. The zero-order chi connectivity index (χ0) is 12.3. The van der Waals surface area contributed by atoms with E-state index >= 15 is 0 Å². The average Bonchev–Trinajstić information content (AvgIpc) is 2.93. The highest BCUT2D eigenvalue weighted by Gasteiger charge is 2.07. The highest BCUT2D eigenvalue weighted by Crippen LogP contribution is 2.13. The van der Waals surface area contributed by atoms with Crippen LogP contribution in [0, 0.1) is 13.8 Å². The lowest BCUT2D eigenvalue weighted by atomic mass is 10.2. The van der Waals surface area contributed by atoms with Crippen molar-refractivity contribution in [3.63, 3.8) is 0 Å². The largest absolute Gasteiger partial charge is 0.335 e. The minimum atomic E-state index is 0.245. The summed E-state index contributed by atoms with van der Waals surface area (Å²) in [5.41, 5.74) is 2.25. The molecule has 2 heterocycles. The number of aryl methyl sites for hydroxylation is 2. The van der Waals surface area contributed by atoms with Gasteiger partial charge in [0.2, 0.25) is 0 Å². The van der Waals surface area contributed by atoms with Gasteiger partial charge in [0.15, 0.2) is 5.78 Å². The number of rotatable bonds is 5. The van der Waals surface area contributed by atoms with Crippen LogP contribution in [-0.4, -0.2) is 15.3 Å². The van der Waals surface area contributed by atoms with Gasteiger partial charge in [0.05, 0.1) is 16.9 Å². The van der Waals surface area contributed by atoms with Gasteiger partial charge in [-0.25, -0.2) is 4.98 Å². The molecule has 90 valence electrons. The topological polar surface area (TPSA) is 34.9 Å². The molecule has 4 heteroatoms. The second-order valence-corrected chi connectivity index (χ2v) is 5.06. The average molecular weight is 248 g/mol. The Bertz CT molecular complexity index is 499. The van der Waals surface area contributed by atoms with Crippen LogP contribution in [0.5, 0.6) is 0 Å². The molecule has 3 nitrogen and oxygen atoms in total. The Morgan fingerprint density at radius 2 is 2.29 bits per heavy atom. The first-order chi connectivity index (χ1) is 8.18. The maximum atomic E-state index is 11.8. The highest BCUT2D eigenvalue weighted by atomic mass is 32.1. The standard InChI is InChI=1S/C13H16N2OS/c1-10-11(2)15(9-14-10)7-3-5-12(16)13-6-4-8-17-13/h4,6,8-9H,3,5,7H2,1-2H3. The normalized spacial score (nSPS) is 10.7. The van der Waals surface area contributed by atoms with Crippen molar-refractivity contribution in [2.24, 2.45) is 0 Å². The van der Waals surface area contributed by atoms with E-state index in [2.05, 4.69) is 16.5 Å². The SMILES string of the molecule is Cc1ncn(CCCC(=O)c2cccs2)c1C. The second kappa shape index (κ2) is 5.27. The van der Waals surface area contributed by atoms with Gasteiger partial charge < -0.3 is 4.57 Å². The summed E-state index contributed by atoms with van der Waals surface area (Å²) in [4.78, 5) is 16.9. The summed E-state index contributed by atoms with van der Waals surface area (Å²) in [6.07, 6.45) is 3.32. The lowest BCUT2D eigenvalue weighted by Gasteiger charge is -2.04. The molecule has 0 saturated heterocycles. The molecule has 0 unspecified atom stereocenters. The van der Waals surface area contributed by atoms with E-state index in [1.54, 1.807) is 0 Å². The number of thiophene rings is 1. The fourth-order valence-electron chi connectivity index (χ4n) is 1.74. The number of Topliss-reactive ketones (excluding diaryl/α,β-unsaturated/α-hetero) is 1. The highest BCUT2D eigenvalue weighted by molar-refractivity contribution is 7.12. The molecule has 0 fully saturated rings. The fourth-order valence-corrected chi connectivity index (χ4v) is 2.43. The van der Waals surface area contributed by atoms with Gasteiger partial charge in [-0.05, 0) is 31.7 Å². The van der Waals surface area contributed by atoms with Crippen LogP contribution in [0.1, 0.15) is 33.9 Å². The number of ketones is 1. The first-order valence-electron chi connectivity index (χ1n) is 5.73. The first kappa shape index (κ1) is 12.0. The van der Waals surface area contributed by atoms with Crippen molar-refractivity contribution in [1.29, 1.82) is 0 Å². The number of aromatic nitrogens is 2. The van der Waals surface area contributed by atoms with Gasteiger partial charge >= 0.3 is 0 Å². The summed E-state index contributed by atoms with van der Waals surface area (Å²) >= 11 is 1.52. The van der Waals surface area contributed by atoms with Crippen LogP contribution in [0.25, 0.3) is 0 Å². The van der Waals surface area contributed by atoms with Crippen LogP contribution in [0.2, 0.25) is 0 Å². The van der Waals surface area contributed by atoms with Gasteiger partial charge in [-0.15, -0.1) is 11.3 Å². The molecule has 0 aliphatic rings. The van der Waals surface area contributed by atoms with Crippen molar-refractivity contribution in [2.45, 2.75) is 33.2 Å². The fraction of sp³-hybridized carbons (Fsp3) is 0.385. The Balaban J connectivity index is 1.84. The van der Waals surface area contributed by atoms with E-state index in [1.807, 2.05) is 30.8 Å². The Kier molecular flexibility index (Phi) is 3.74. The molecule has 2 aromatic heterocycles. The van der Waals surface area contributed by atoms with E-state index in [0.29, 0.717) is 6.42 Å². The quantitative estimate of drug-likeness (QED) is 0.761. The van der Waals surface area contributed by atoms with E-state index in [4.69, 9.17) is 0 Å². The number of carbonyl (C=O) groups excluding carboxylic acids is 1. The maximum absolute atomic E-state index is 11.8. The summed E-state index contributed by atoms with van der Waals surface area (Å²) in [5, 5.41) is 1.94. The Labute approximate surface area is 105 Å². The predicted octanol–water partition coefficient (Wildman–Crippen LogP) is 3.22. The molecule has 0 bridgehead atoms. The van der Waals surface area contributed by atoms with Crippen molar-refractivity contribution in [3.8, 4) is 0 Å². The number of carbonyl (C=O) groups is 1. The molecular formula is C13H16N2OS. The third-order valence-corrected chi connectivity index (χ3v) is 3.85. The second-order valence-electron chi connectivity index (χ2n) is 4.11. The third-order valence-electron chi connectivity index (χ3n) is 2.94. The van der Waals surface area contributed by atoms with Crippen molar-refractivity contribution >= 4 is 17.1 Å². The van der Waals surface area contributed by atoms with Crippen LogP contribution in [-0.2, 0) is 6.54 Å². The van der Waals surface area contributed by atoms with E-state index in [-0.39, 0.29) is 5.78 Å². The summed E-state index contributed by atoms with van der Waals surface area (Å²) in [5.74, 6) is 0.245. The molecule has 0 aromatic carbocycles. The molecule has 0 spiro atoms. The minimum absolute atomic E-state index is 0.245. The molecule has 0 amide bonds. The van der Waals surface area contributed by atoms with Crippen LogP contribution in [0.15, 0.2) is 23.8 Å². The molecule has 2 rings (SSSR count). The molecule has 17 heavy (non-hydrogen) atoms. The van der Waals surface area contributed by atoms with Crippen molar-refractivity contribution in [1.82, 2.24) is 9.55 Å². The summed E-state index contributed by atoms with van der Waals surface area (Å²) in [6.45, 7) is 4.93. The molecule has 0 saturated carbocycles. The van der Waals surface area contributed by atoms with E-state index in [0.717, 1.165) is 23.5 Å². The predicted molar refractivity (Wildman–Crippen MR) is 69.6 cm³/mol. The van der Waals surface area contributed by atoms with Crippen LogP contribution in [0.3, 0.4) is 0 Å². The molecule has 0 aliphatic heterocycles. The van der Waals surface area contributed by atoms with Gasteiger partial charge in [-0.2, -0.15) is 0 Å². The van der Waals surface area contributed by atoms with Crippen molar-refractivity contribution < 1.29 is 4.79 Å². The Morgan fingerprint density at radius 1 is 1.47 bits per heavy atom. The smallest absolute Gasteiger partial charge is 0.172 e. The third kappa shape index (κ3) is 2.82. The van der Waals surface area contributed by atoms with Gasteiger partial charge in [-0.1, -0.05) is 6.07 Å². The number of hydrogen-bond acceptors (Lipinski definition) is 3. The number of nitrogens with zero attached hydrogens (tertiary/aromatic N) is 2. The molecule has 0 N–H and O–H groups in total. The summed E-state index contributed by atoms with van der Waals surface area (Å²) < 4.78 is 2.11. The monoisotopic (exact) mass is 248 g/mol. The summed E-state index contributed by atoms with van der Waals surface area (Å²) in [7, 11) is 0. The first-order valence-corrected chi connectivity index (χ1v) is 6.61. The van der Waals surface area contributed by atoms with Gasteiger partial charge in [0.25, 0.3) is 0 Å². The minimum Gasteiger partial charge on any atom is -0.335 e. The molecular weight excluding hydrogens is 232 g/mol. The van der Waals surface area contributed by atoms with Crippen LogP contribution >= 0.6 is 11.3 Å². The molecule has 0 radical (unpaired) electrons. The lowest BCUT2D eigenvalue weighted by Crippen LogP contribution is -2.03. The zero-order valence-electron chi connectivity index (χ0n) is 10.1. The van der Waals surface area contributed by atoms with E-state index in [9.17, 15) is 4.79 Å². The van der Waals surface area contributed by atoms with Gasteiger partial charge in [-0.3, -0.25) is 4.79 Å². The van der Waals surface area contributed by atoms with Crippen molar-refractivity contribution in [2.75, 3.05) is 0 Å². The Morgan fingerprint density at radius 3 is 2.88 bits per heavy atom. The maximum Gasteiger partial charge on any atom is 0.172 e. The number of imidazole rings is 1. The zero-order valence-corrected chi connectivity index (χ0v) is 11.0. The van der Waals surface area contributed by atoms with E-state index in [1.165, 1.54) is 17.0 Å². The molecule has 0 aliphatic carbocycles. The lowest BCUT2D eigenvalue weighted by molar-refractivity contribution is 0.0982.